The van der Waals surface area contributed by atoms with Crippen LogP contribution in [0.5, 0.6) is 0 Å². The Morgan fingerprint density at radius 1 is 1.20 bits per heavy atom. The van der Waals surface area contributed by atoms with Crippen LogP contribution >= 0.6 is 24.0 Å². The van der Waals surface area contributed by atoms with Gasteiger partial charge in [-0.1, -0.05) is 30.3 Å². The molecule has 1 aromatic carbocycles. The highest BCUT2D eigenvalue weighted by Gasteiger charge is 2.02. The molecule has 0 saturated heterocycles. The number of rotatable bonds is 6. The van der Waals surface area contributed by atoms with Gasteiger partial charge in [-0.25, -0.2) is 9.98 Å². The van der Waals surface area contributed by atoms with Crippen LogP contribution in [0.1, 0.15) is 17.8 Å². The van der Waals surface area contributed by atoms with E-state index in [2.05, 4.69) is 38.8 Å². The Bertz CT molecular complexity index is 532. The van der Waals surface area contributed by atoms with Crippen LogP contribution in [-0.2, 0) is 19.5 Å². The second-order valence-corrected chi connectivity index (χ2v) is 4.37. The molecule has 4 N–H and O–H groups in total. The first-order chi connectivity index (χ1) is 9.25. The predicted octanol–water partition coefficient (Wildman–Crippen LogP) is 1.91. The van der Waals surface area contributed by atoms with Crippen molar-refractivity contribution in [2.45, 2.75) is 25.9 Å². The van der Waals surface area contributed by atoms with Gasteiger partial charge in [0.05, 0.1) is 0 Å². The number of aliphatic imine (C=N–C) groups is 1. The second-order valence-electron chi connectivity index (χ2n) is 4.37. The molecule has 0 amide bonds. The van der Waals surface area contributed by atoms with Crippen molar-refractivity contribution in [3.05, 3.63) is 54.1 Å². The van der Waals surface area contributed by atoms with Crippen molar-refractivity contribution in [3.63, 3.8) is 0 Å². The molecule has 20 heavy (non-hydrogen) atoms. The molecule has 0 atom stereocenters. The number of imidazole rings is 1. The summed E-state index contributed by atoms with van der Waals surface area (Å²) in [5, 5.41) is 0. The minimum absolute atomic E-state index is 0. The molecule has 6 heteroatoms. The zero-order valence-corrected chi connectivity index (χ0v) is 13.6. The summed E-state index contributed by atoms with van der Waals surface area (Å²) in [6.07, 6.45) is 5.86. The molecule has 0 aliphatic heterocycles. The predicted molar refractivity (Wildman–Crippen MR) is 91.9 cm³/mol. The van der Waals surface area contributed by atoms with Crippen molar-refractivity contribution < 1.29 is 0 Å². The molecule has 108 valence electrons. The van der Waals surface area contributed by atoms with Crippen molar-refractivity contribution >= 4 is 29.9 Å². The number of hydrogen-bond donors (Lipinski definition) is 2. The number of halogens is 1. The smallest absolute Gasteiger partial charge is 0.186 e. The summed E-state index contributed by atoms with van der Waals surface area (Å²) in [5.41, 5.74) is 12.0. The molecule has 0 spiro atoms. The van der Waals surface area contributed by atoms with Crippen LogP contribution in [0.25, 0.3) is 0 Å². The molecule has 0 aliphatic carbocycles. The van der Waals surface area contributed by atoms with Gasteiger partial charge in [-0.15, -0.1) is 24.0 Å². The minimum Gasteiger partial charge on any atom is -0.370 e. The van der Waals surface area contributed by atoms with E-state index in [9.17, 15) is 0 Å². The maximum atomic E-state index is 5.33. The SMILES string of the molecule is I.NC(N)=NCc1nccn1CCCc1ccccc1. The second kappa shape index (κ2) is 8.57. The van der Waals surface area contributed by atoms with Crippen LogP contribution in [0.4, 0.5) is 0 Å². The molecule has 0 unspecified atom stereocenters. The van der Waals surface area contributed by atoms with E-state index in [0.717, 1.165) is 25.2 Å². The normalized spacial score (nSPS) is 9.80. The average molecular weight is 385 g/mol. The molecule has 0 bridgehead atoms. The quantitative estimate of drug-likeness (QED) is 0.453. The molecule has 0 aliphatic rings. The third-order valence-electron chi connectivity index (χ3n) is 2.91. The van der Waals surface area contributed by atoms with E-state index in [1.807, 2.05) is 12.3 Å². The van der Waals surface area contributed by atoms with Gasteiger partial charge in [0.25, 0.3) is 0 Å². The van der Waals surface area contributed by atoms with Gasteiger partial charge in [0.2, 0.25) is 0 Å². The van der Waals surface area contributed by atoms with Gasteiger partial charge in [0.1, 0.15) is 12.4 Å². The van der Waals surface area contributed by atoms with Crippen LogP contribution in [-0.4, -0.2) is 15.5 Å². The summed E-state index contributed by atoms with van der Waals surface area (Å²) in [5.74, 6) is 0.986. The Morgan fingerprint density at radius 3 is 2.65 bits per heavy atom. The van der Waals surface area contributed by atoms with Crippen molar-refractivity contribution in [3.8, 4) is 0 Å². The van der Waals surface area contributed by atoms with Gasteiger partial charge in [-0.05, 0) is 18.4 Å². The molecule has 2 aromatic rings. The lowest BCUT2D eigenvalue weighted by atomic mass is 10.1. The summed E-state index contributed by atoms with van der Waals surface area (Å²) in [6, 6.07) is 10.5. The Hall–Kier alpha value is -1.57. The highest BCUT2D eigenvalue weighted by molar-refractivity contribution is 14.0. The van der Waals surface area contributed by atoms with Crippen LogP contribution in [0.2, 0.25) is 0 Å². The van der Waals surface area contributed by atoms with E-state index >= 15 is 0 Å². The zero-order valence-electron chi connectivity index (χ0n) is 11.3. The van der Waals surface area contributed by atoms with Crippen molar-refractivity contribution in [1.29, 1.82) is 0 Å². The highest BCUT2D eigenvalue weighted by atomic mass is 127. The van der Waals surface area contributed by atoms with Gasteiger partial charge in [-0.2, -0.15) is 0 Å². The molecular weight excluding hydrogens is 365 g/mol. The summed E-state index contributed by atoms with van der Waals surface area (Å²) >= 11 is 0. The first-order valence-corrected chi connectivity index (χ1v) is 6.35. The maximum absolute atomic E-state index is 5.33. The highest BCUT2D eigenvalue weighted by Crippen LogP contribution is 2.06. The Kier molecular flexibility index (Phi) is 7.06. The fourth-order valence-electron chi connectivity index (χ4n) is 1.96. The standard InChI is InChI=1S/C14H19N5.HI/c15-14(16)18-11-13-17-8-10-19(13)9-4-7-12-5-2-1-3-6-12;/h1-3,5-6,8,10H,4,7,9,11H2,(H4,15,16,18);1H. The van der Waals surface area contributed by atoms with Crippen LogP contribution < -0.4 is 11.5 Å². The van der Waals surface area contributed by atoms with E-state index in [-0.39, 0.29) is 29.9 Å². The van der Waals surface area contributed by atoms with E-state index < -0.39 is 0 Å². The first kappa shape index (κ1) is 16.5. The Balaban J connectivity index is 0.00000200. The van der Waals surface area contributed by atoms with E-state index in [1.54, 1.807) is 6.20 Å². The number of benzene rings is 1. The molecule has 1 heterocycles. The average Bonchev–Trinajstić information content (AvgIpc) is 2.85. The summed E-state index contributed by atoms with van der Waals surface area (Å²) in [6.45, 7) is 1.35. The fourth-order valence-corrected chi connectivity index (χ4v) is 1.96. The molecule has 2 rings (SSSR count). The van der Waals surface area contributed by atoms with E-state index in [0.29, 0.717) is 6.54 Å². The van der Waals surface area contributed by atoms with Crippen molar-refractivity contribution in [2.75, 3.05) is 0 Å². The lowest BCUT2D eigenvalue weighted by Gasteiger charge is -2.06. The molecule has 0 radical (unpaired) electrons. The Morgan fingerprint density at radius 2 is 1.95 bits per heavy atom. The summed E-state index contributed by atoms with van der Waals surface area (Å²) in [4.78, 5) is 8.24. The zero-order chi connectivity index (χ0) is 13.5. The summed E-state index contributed by atoms with van der Waals surface area (Å²) in [7, 11) is 0. The topological polar surface area (TPSA) is 82.2 Å². The van der Waals surface area contributed by atoms with E-state index in [4.69, 9.17) is 11.5 Å². The van der Waals surface area contributed by atoms with Gasteiger partial charge in [0.15, 0.2) is 5.96 Å². The summed E-state index contributed by atoms with van der Waals surface area (Å²) < 4.78 is 2.09. The third kappa shape index (κ3) is 5.20. The number of hydrogen-bond acceptors (Lipinski definition) is 2. The fraction of sp³-hybridized carbons (Fsp3) is 0.286. The molecule has 0 saturated carbocycles. The number of guanidine groups is 1. The maximum Gasteiger partial charge on any atom is 0.186 e. The van der Waals surface area contributed by atoms with Crippen LogP contribution in [0.3, 0.4) is 0 Å². The van der Waals surface area contributed by atoms with Crippen LogP contribution in [0.15, 0.2) is 47.7 Å². The van der Waals surface area contributed by atoms with Crippen molar-refractivity contribution in [2.24, 2.45) is 16.5 Å². The monoisotopic (exact) mass is 385 g/mol. The van der Waals surface area contributed by atoms with Gasteiger partial charge >= 0.3 is 0 Å². The van der Waals surface area contributed by atoms with Crippen molar-refractivity contribution in [1.82, 2.24) is 9.55 Å². The van der Waals surface area contributed by atoms with E-state index in [1.165, 1.54) is 5.56 Å². The lowest BCUT2D eigenvalue weighted by Crippen LogP contribution is -2.23. The number of nitrogens with zero attached hydrogens (tertiary/aromatic N) is 3. The molecule has 1 aromatic heterocycles. The van der Waals surface area contributed by atoms with Gasteiger partial charge in [0, 0.05) is 18.9 Å². The largest absolute Gasteiger partial charge is 0.370 e. The number of aromatic nitrogens is 2. The first-order valence-electron chi connectivity index (χ1n) is 6.35. The lowest BCUT2D eigenvalue weighted by molar-refractivity contribution is 0.611. The Labute approximate surface area is 136 Å². The molecular formula is C14H20IN5. The third-order valence-corrected chi connectivity index (χ3v) is 2.91. The number of aryl methyl sites for hydroxylation is 2. The minimum atomic E-state index is 0. The number of nitrogens with two attached hydrogens (primary N) is 2. The van der Waals surface area contributed by atoms with Crippen LogP contribution in [0, 0.1) is 0 Å². The van der Waals surface area contributed by atoms with Gasteiger partial charge < -0.3 is 16.0 Å². The molecule has 0 fully saturated rings. The molecule has 5 nitrogen and oxygen atoms in total. The van der Waals surface area contributed by atoms with Gasteiger partial charge in [-0.3, -0.25) is 0 Å².